The molecular weight excluding hydrogens is 474 g/mol. The summed E-state index contributed by atoms with van der Waals surface area (Å²) in [4.78, 5) is 27.7. The van der Waals surface area contributed by atoms with Crippen molar-refractivity contribution in [2.45, 2.75) is 59.4 Å². The molecule has 0 aromatic heterocycles. The van der Waals surface area contributed by atoms with E-state index in [4.69, 9.17) is 0 Å². The summed E-state index contributed by atoms with van der Waals surface area (Å²) in [6.07, 6.45) is 3.18. The van der Waals surface area contributed by atoms with Crippen LogP contribution >= 0.6 is 0 Å². The maximum atomic E-state index is 13.3. The van der Waals surface area contributed by atoms with Gasteiger partial charge in [0.25, 0.3) is 0 Å². The second kappa shape index (κ2) is 14.0. The van der Waals surface area contributed by atoms with Crippen LogP contribution in [0.3, 0.4) is 0 Å². The van der Waals surface area contributed by atoms with Crippen molar-refractivity contribution >= 4 is 27.5 Å². The molecule has 0 heterocycles. The lowest BCUT2D eigenvalue weighted by atomic mass is 10.1. The number of benzene rings is 2. The highest BCUT2D eigenvalue weighted by atomic mass is 32.2. The molecule has 36 heavy (non-hydrogen) atoms. The third kappa shape index (κ3) is 9.30. The van der Waals surface area contributed by atoms with Gasteiger partial charge in [-0.25, -0.2) is 8.42 Å². The van der Waals surface area contributed by atoms with Crippen molar-refractivity contribution in [2.75, 3.05) is 30.2 Å². The van der Waals surface area contributed by atoms with Crippen molar-refractivity contribution in [2.24, 2.45) is 5.92 Å². The predicted molar refractivity (Wildman–Crippen MR) is 146 cm³/mol. The highest BCUT2D eigenvalue weighted by Gasteiger charge is 2.26. The molecule has 2 rings (SSSR count). The molecule has 0 saturated carbocycles. The summed E-state index contributed by atoms with van der Waals surface area (Å²) in [6, 6.07) is 16.7. The predicted octanol–water partition coefficient (Wildman–Crippen LogP) is 4.03. The van der Waals surface area contributed by atoms with Gasteiger partial charge in [-0.2, -0.15) is 0 Å². The quantitative estimate of drug-likeness (QED) is 0.412. The summed E-state index contributed by atoms with van der Waals surface area (Å²) in [6.45, 7) is 8.98. The van der Waals surface area contributed by atoms with Crippen LogP contribution in [0.1, 0.15) is 51.7 Å². The van der Waals surface area contributed by atoms with Crippen LogP contribution in [0.25, 0.3) is 0 Å². The molecule has 0 saturated heterocycles. The zero-order valence-corrected chi connectivity index (χ0v) is 23.1. The summed E-state index contributed by atoms with van der Waals surface area (Å²) in [7, 11) is -3.50. The van der Waals surface area contributed by atoms with Crippen molar-refractivity contribution in [3.63, 3.8) is 0 Å². The molecule has 2 aromatic rings. The van der Waals surface area contributed by atoms with Gasteiger partial charge in [-0.3, -0.25) is 13.9 Å². The molecule has 1 N–H and O–H groups in total. The van der Waals surface area contributed by atoms with Gasteiger partial charge >= 0.3 is 0 Å². The fourth-order valence-electron chi connectivity index (χ4n) is 3.92. The second-order valence-corrected chi connectivity index (χ2v) is 11.5. The SMILES string of the molecule is CCc1ccc(N(CCCC(=O)N(CCc2ccccc2)[C@H](C)C(=O)NCC(C)C)S(C)(=O)=O)cc1. The van der Waals surface area contributed by atoms with Gasteiger partial charge in [0.2, 0.25) is 21.8 Å². The summed E-state index contributed by atoms with van der Waals surface area (Å²) in [5.41, 5.74) is 2.80. The van der Waals surface area contributed by atoms with E-state index in [0.717, 1.165) is 17.5 Å². The van der Waals surface area contributed by atoms with E-state index in [1.54, 1.807) is 24.0 Å². The average Bonchev–Trinajstić information content (AvgIpc) is 2.85. The van der Waals surface area contributed by atoms with Gasteiger partial charge in [-0.05, 0) is 55.4 Å². The lowest BCUT2D eigenvalue weighted by molar-refractivity contribution is -0.140. The Morgan fingerprint density at radius 2 is 1.56 bits per heavy atom. The molecule has 0 unspecified atom stereocenters. The summed E-state index contributed by atoms with van der Waals surface area (Å²) in [5.74, 6) is -0.0326. The Morgan fingerprint density at radius 1 is 0.917 bits per heavy atom. The Hall–Kier alpha value is -2.87. The van der Waals surface area contributed by atoms with E-state index in [9.17, 15) is 18.0 Å². The number of sulfonamides is 1. The van der Waals surface area contributed by atoms with Crippen molar-refractivity contribution in [1.82, 2.24) is 10.2 Å². The Bertz CT molecular complexity index is 1070. The van der Waals surface area contributed by atoms with Crippen molar-refractivity contribution in [3.8, 4) is 0 Å². The smallest absolute Gasteiger partial charge is 0.242 e. The standard InChI is InChI=1S/C28H41N3O4S/c1-6-24-14-16-26(17-15-24)31(36(5,34)35)19-10-13-27(32)30(20-18-25-11-8-7-9-12-25)23(4)28(33)29-21-22(2)3/h7-9,11-12,14-17,22-23H,6,10,13,18-21H2,1-5H3,(H,29,33)/t23-/m1/s1. The minimum atomic E-state index is -3.50. The van der Waals surface area contributed by atoms with E-state index in [2.05, 4.69) is 5.32 Å². The van der Waals surface area contributed by atoms with Crippen LogP contribution in [0.5, 0.6) is 0 Å². The fraction of sp³-hybridized carbons (Fsp3) is 0.500. The first-order chi connectivity index (χ1) is 17.0. The van der Waals surface area contributed by atoms with Crippen LogP contribution in [-0.4, -0.2) is 57.1 Å². The highest BCUT2D eigenvalue weighted by Crippen LogP contribution is 2.20. The van der Waals surface area contributed by atoms with Crippen LogP contribution in [0.2, 0.25) is 0 Å². The average molecular weight is 516 g/mol. The lowest BCUT2D eigenvalue weighted by Gasteiger charge is -2.29. The highest BCUT2D eigenvalue weighted by molar-refractivity contribution is 7.92. The van der Waals surface area contributed by atoms with Crippen LogP contribution in [-0.2, 0) is 32.5 Å². The van der Waals surface area contributed by atoms with Gasteiger partial charge in [0, 0.05) is 26.1 Å². The monoisotopic (exact) mass is 515 g/mol. The number of hydrogen-bond acceptors (Lipinski definition) is 4. The first kappa shape index (κ1) is 29.4. The number of nitrogens with zero attached hydrogens (tertiary/aromatic N) is 2. The third-order valence-electron chi connectivity index (χ3n) is 6.12. The molecule has 0 radical (unpaired) electrons. The largest absolute Gasteiger partial charge is 0.354 e. The zero-order valence-electron chi connectivity index (χ0n) is 22.2. The van der Waals surface area contributed by atoms with Crippen LogP contribution in [0.4, 0.5) is 5.69 Å². The fourth-order valence-corrected chi connectivity index (χ4v) is 4.89. The van der Waals surface area contributed by atoms with Crippen molar-refractivity contribution in [1.29, 1.82) is 0 Å². The van der Waals surface area contributed by atoms with E-state index < -0.39 is 16.1 Å². The van der Waals surface area contributed by atoms with E-state index >= 15 is 0 Å². The molecule has 1 atom stereocenters. The lowest BCUT2D eigenvalue weighted by Crippen LogP contribution is -2.49. The number of anilines is 1. The molecule has 0 bridgehead atoms. The molecule has 8 heteroatoms. The van der Waals surface area contributed by atoms with Gasteiger partial charge in [0.05, 0.1) is 11.9 Å². The Morgan fingerprint density at radius 3 is 2.11 bits per heavy atom. The zero-order chi connectivity index (χ0) is 26.7. The molecule has 2 aromatic carbocycles. The second-order valence-electron chi connectivity index (χ2n) is 9.60. The number of amides is 2. The minimum Gasteiger partial charge on any atom is -0.354 e. The maximum absolute atomic E-state index is 13.3. The van der Waals surface area contributed by atoms with Crippen LogP contribution in [0.15, 0.2) is 54.6 Å². The minimum absolute atomic E-state index is 0.148. The van der Waals surface area contributed by atoms with Gasteiger partial charge < -0.3 is 10.2 Å². The molecule has 0 aliphatic carbocycles. The topological polar surface area (TPSA) is 86.8 Å². The number of aryl methyl sites for hydroxylation is 1. The van der Waals surface area contributed by atoms with Gasteiger partial charge in [0.1, 0.15) is 6.04 Å². The molecule has 7 nitrogen and oxygen atoms in total. The van der Waals surface area contributed by atoms with E-state index in [-0.39, 0.29) is 24.8 Å². The van der Waals surface area contributed by atoms with Crippen LogP contribution in [0, 0.1) is 5.92 Å². The first-order valence-electron chi connectivity index (χ1n) is 12.7. The molecule has 0 spiro atoms. The number of carbonyl (C=O) groups excluding carboxylic acids is 2. The van der Waals surface area contributed by atoms with Crippen molar-refractivity contribution in [3.05, 3.63) is 65.7 Å². The summed E-state index contributed by atoms with van der Waals surface area (Å²) >= 11 is 0. The van der Waals surface area contributed by atoms with E-state index in [1.807, 2.05) is 63.2 Å². The van der Waals surface area contributed by atoms with Crippen molar-refractivity contribution < 1.29 is 18.0 Å². The molecule has 0 aliphatic rings. The molecular formula is C28H41N3O4S. The summed E-state index contributed by atoms with van der Waals surface area (Å²) in [5, 5.41) is 2.92. The maximum Gasteiger partial charge on any atom is 0.242 e. The molecule has 2 amide bonds. The molecule has 0 fully saturated rings. The first-order valence-corrected chi connectivity index (χ1v) is 14.6. The Balaban J connectivity index is 2.09. The van der Waals surface area contributed by atoms with Gasteiger partial charge in [-0.15, -0.1) is 0 Å². The van der Waals surface area contributed by atoms with E-state index in [1.165, 1.54) is 10.6 Å². The Kier molecular flexibility index (Phi) is 11.4. The Labute approximate surface area is 216 Å². The number of hydrogen-bond donors (Lipinski definition) is 1. The van der Waals surface area contributed by atoms with Gasteiger partial charge in [-0.1, -0.05) is 63.2 Å². The summed E-state index contributed by atoms with van der Waals surface area (Å²) < 4.78 is 26.3. The third-order valence-corrected chi connectivity index (χ3v) is 7.31. The normalized spacial score (nSPS) is 12.3. The number of rotatable bonds is 14. The number of carbonyl (C=O) groups is 2. The molecule has 198 valence electrons. The van der Waals surface area contributed by atoms with Crippen LogP contribution < -0.4 is 9.62 Å². The molecule has 0 aliphatic heterocycles. The van der Waals surface area contributed by atoms with Gasteiger partial charge in [0.15, 0.2) is 0 Å². The van der Waals surface area contributed by atoms with E-state index in [0.29, 0.717) is 37.5 Å². The number of nitrogens with one attached hydrogen (secondary N) is 1.